The number of rotatable bonds is 5. The van der Waals surface area contributed by atoms with E-state index >= 15 is 0 Å². The summed E-state index contributed by atoms with van der Waals surface area (Å²) in [6.07, 6.45) is 0. The Balaban J connectivity index is 2.12. The number of aromatic nitrogens is 3. The Kier molecular flexibility index (Phi) is 3.71. The minimum atomic E-state index is 0.581. The van der Waals surface area contributed by atoms with Crippen molar-refractivity contribution in [3.8, 4) is 11.5 Å². The van der Waals surface area contributed by atoms with Crippen LogP contribution in [0.1, 0.15) is 5.56 Å². The van der Waals surface area contributed by atoms with Crippen LogP contribution >= 0.6 is 11.5 Å². The molecule has 0 amide bonds. The molecule has 1 aromatic carbocycles. The highest BCUT2D eigenvalue weighted by Crippen LogP contribution is 2.24. The largest absolute Gasteiger partial charge is 0.497 e. The van der Waals surface area contributed by atoms with Crippen LogP contribution in [0.15, 0.2) is 18.2 Å². The lowest BCUT2D eigenvalue weighted by atomic mass is 10.2. The fourth-order valence-corrected chi connectivity index (χ4v) is 1.75. The molecule has 0 atom stereocenters. The standard InChI is InChI=1S/C10H12N4O2S/c1-15-8-3-4-9(16-2)7(5-8)6-11-10-12-13-14-17-10/h3-5H,6H2,1-2H3,(H,11,12,14). The van der Waals surface area contributed by atoms with Gasteiger partial charge in [-0.3, -0.25) is 0 Å². The van der Waals surface area contributed by atoms with Gasteiger partial charge in [0.05, 0.1) is 14.2 Å². The monoisotopic (exact) mass is 252 g/mol. The van der Waals surface area contributed by atoms with Crippen molar-refractivity contribution >= 4 is 16.7 Å². The third-order valence-electron chi connectivity index (χ3n) is 2.22. The third kappa shape index (κ3) is 2.82. The third-order valence-corrected chi connectivity index (χ3v) is 2.77. The zero-order valence-corrected chi connectivity index (χ0v) is 10.3. The number of benzene rings is 1. The topological polar surface area (TPSA) is 69.2 Å². The van der Waals surface area contributed by atoms with Crippen molar-refractivity contribution in [1.82, 2.24) is 14.8 Å². The Morgan fingerprint density at radius 3 is 2.82 bits per heavy atom. The van der Waals surface area contributed by atoms with Crippen LogP contribution in [-0.4, -0.2) is 29.0 Å². The lowest BCUT2D eigenvalue weighted by Crippen LogP contribution is -2.02. The highest BCUT2D eigenvalue weighted by Gasteiger charge is 2.06. The van der Waals surface area contributed by atoms with Gasteiger partial charge in [-0.25, -0.2) is 0 Å². The first-order valence-electron chi connectivity index (χ1n) is 4.93. The Morgan fingerprint density at radius 2 is 2.18 bits per heavy atom. The summed E-state index contributed by atoms with van der Waals surface area (Å²) in [7, 11) is 3.27. The number of methoxy groups -OCH3 is 2. The minimum Gasteiger partial charge on any atom is -0.497 e. The first-order valence-corrected chi connectivity index (χ1v) is 5.70. The normalized spacial score (nSPS) is 10.0. The van der Waals surface area contributed by atoms with Gasteiger partial charge < -0.3 is 14.8 Å². The number of nitrogens with zero attached hydrogens (tertiary/aromatic N) is 3. The lowest BCUT2D eigenvalue weighted by Gasteiger charge is -2.10. The molecule has 1 aromatic heterocycles. The molecular weight excluding hydrogens is 240 g/mol. The van der Waals surface area contributed by atoms with Crippen LogP contribution in [0.2, 0.25) is 0 Å². The van der Waals surface area contributed by atoms with E-state index in [9.17, 15) is 0 Å². The molecule has 0 aliphatic carbocycles. The maximum absolute atomic E-state index is 5.27. The molecule has 0 bridgehead atoms. The van der Waals surface area contributed by atoms with Gasteiger partial charge in [0.25, 0.3) is 0 Å². The van der Waals surface area contributed by atoms with E-state index < -0.39 is 0 Å². The molecule has 7 heteroatoms. The summed E-state index contributed by atoms with van der Waals surface area (Å²) in [4.78, 5) is 0. The van der Waals surface area contributed by atoms with Crippen LogP contribution in [0.4, 0.5) is 5.13 Å². The van der Waals surface area contributed by atoms with E-state index in [1.54, 1.807) is 14.2 Å². The summed E-state index contributed by atoms with van der Waals surface area (Å²) < 4.78 is 14.1. The van der Waals surface area contributed by atoms with E-state index in [0.29, 0.717) is 11.7 Å². The summed E-state index contributed by atoms with van der Waals surface area (Å²) in [5.41, 5.74) is 0.988. The van der Waals surface area contributed by atoms with Crippen molar-refractivity contribution < 1.29 is 9.47 Å². The van der Waals surface area contributed by atoms with Gasteiger partial charge >= 0.3 is 0 Å². The SMILES string of the molecule is COc1ccc(OC)c(CNc2nnns2)c1. The van der Waals surface area contributed by atoms with Crippen LogP contribution < -0.4 is 14.8 Å². The summed E-state index contributed by atoms with van der Waals surface area (Å²) >= 11 is 1.21. The summed E-state index contributed by atoms with van der Waals surface area (Å²) in [6.45, 7) is 0.581. The highest BCUT2D eigenvalue weighted by molar-refractivity contribution is 7.09. The second-order valence-electron chi connectivity index (χ2n) is 3.20. The molecule has 0 fully saturated rings. The van der Waals surface area contributed by atoms with Crippen molar-refractivity contribution in [3.63, 3.8) is 0 Å². The second kappa shape index (κ2) is 5.44. The van der Waals surface area contributed by atoms with Crippen LogP contribution in [0.5, 0.6) is 11.5 Å². The first kappa shape index (κ1) is 11.6. The predicted octanol–water partition coefficient (Wildman–Crippen LogP) is 1.56. The number of hydrogen-bond donors (Lipinski definition) is 1. The molecule has 1 N–H and O–H groups in total. The molecule has 2 rings (SSSR count). The van der Waals surface area contributed by atoms with Crippen molar-refractivity contribution in [2.75, 3.05) is 19.5 Å². The van der Waals surface area contributed by atoms with Gasteiger partial charge in [-0.2, -0.15) is 0 Å². The van der Waals surface area contributed by atoms with Gasteiger partial charge in [-0.1, -0.05) is 9.59 Å². The molecule has 0 unspecified atom stereocenters. The first-order chi connectivity index (χ1) is 8.33. The predicted molar refractivity (Wildman–Crippen MR) is 64.6 cm³/mol. The smallest absolute Gasteiger partial charge is 0.225 e. The van der Waals surface area contributed by atoms with Crippen molar-refractivity contribution in [2.45, 2.75) is 6.54 Å². The minimum absolute atomic E-state index is 0.581. The Labute approximate surface area is 103 Å². The molecule has 0 saturated heterocycles. The Bertz CT molecular complexity index is 475. The number of anilines is 1. The fourth-order valence-electron chi connectivity index (χ4n) is 1.39. The molecule has 90 valence electrons. The molecule has 17 heavy (non-hydrogen) atoms. The highest BCUT2D eigenvalue weighted by atomic mass is 32.1. The summed E-state index contributed by atoms with van der Waals surface area (Å²) in [6, 6.07) is 5.64. The average molecular weight is 252 g/mol. The molecule has 0 aliphatic rings. The lowest BCUT2D eigenvalue weighted by molar-refractivity contribution is 0.399. The van der Waals surface area contributed by atoms with E-state index in [2.05, 4.69) is 20.1 Å². The van der Waals surface area contributed by atoms with Crippen molar-refractivity contribution in [1.29, 1.82) is 0 Å². The van der Waals surface area contributed by atoms with Crippen LogP contribution in [0.25, 0.3) is 0 Å². The van der Waals surface area contributed by atoms with Crippen molar-refractivity contribution in [3.05, 3.63) is 23.8 Å². The van der Waals surface area contributed by atoms with Gasteiger partial charge in [-0.05, 0) is 23.4 Å². The van der Waals surface area contributed by atoms with Gasteiger partial charge in [0.1, 0.15) is 11.5 Å². The Hall–Kier alpha value is -1.89. The molecule has 6 nitrogen and oxygen atoms in total. The van der Waals surface area contributed by atoms with Crippen LogP contribution in [0, 0.1) is 0 Å². The van der Waals surface area contributed by atoms with Crippen molar-refractivity contribution in [2.24, 2.45) is 0 Å². The van der Waals surface area contributed by atoms with E-state index in [1.807, 2.05) is 18.2 Å². The molecule has 0 aliphatic heterocycles. The molecule has 1 heterocycles. The molecular formula is C10H12N4O2S. The second-order valence-corrected chi connectivity index (χ2v) is 3.93. The van der Waals surface area contributed by atoms with Gasteiger partial charge in [0.15, 0.2) is 0 Å². The fraction of sp³-hybridized carbons (Fsp3) is 0.300. The molecule has 0 spiro atoms. The molecule has 2 aromatic rings. The van der Waals surface area contributed by atoms with Gasteiger partial charge in [0.2, 0.25) is 5.13 Å². The summed E-state index contributed by atoms with van der Waals surface area (Å²) in [5, 5.41) is 11.1. The number of nitrogens with one attached hydrogen (secondary N) is 1. The summed E-state index contributed by atoms with van der Waals surface area (Å²) in [5.74, 6) is 1.59. The van der Waals surface area contributed by atoms with E-state index in [1.165, 1.54) is 11.5 Å². The molecule has 0 radical (unpaired) electrons. The maximum Gasteiger partial charge on any atom is 0.225 e. The average Bonchev–Trinajstić information content (AvgIpc) is 2.89. The van der Waals surface area contributed by atoms with Crippen LogP contribution in [-0.2, 0) is 6.54 Å². The Morgan fingerprint density at radius 1 is 1.29 bits per heavy atom. The van der Waals surface area contributed by atoms with E-state index in [4.69, 9.17) is 9.47 Å². The van der Waals surface area contributed by atoms with Crippen LogP contribution in [0.3, 0.4) is 0 Å². The number of hydrogen-bond acceptors (Lipinski definition) is 7. The molecule has 0 saturated carbocycles. The van der Waals surface area contributed by atoms with E-state index in [0.717, 1.165) is 17.1 Å². The zero-order valence-electron chi connectivity index (χ0n) is 9.51. The number of ether oxygens (including phenoxy) is 2. The van der Waals surface area contributed by atoms with Gasteiger partial charge in [-0.15, -0.1) is 0 Å². The quantitative estimate of drug-likeness (QED) is 0.871. The maximum atomic E-state index is 5.27. The van der Waals surface area contributed by atoms with E-state index in [-0.39, 0.29) is 0 Å². The van der Waals surface area contributed by atoms with Gasteiger partial charge in [0, 0.05) is 23.6 Å². The zero-order chi connectivity index (χ0) is 12.1.